The molecule has 1 amide bonds. The second-order valence-corrected chi connectivity index (χ2v) is 5.88. The van der Waals surface area contributed by atoms with Gasteiger partial charge in [0.2, 0.25) is 0 Å². The van der Waals surface area contributed by atoms with Crippen LogP contribution in [0.25, 0.3) is 0 Å². The Morgan fingerprint density at radius 3 is 2.87 bits per heavy atom. The van der Waals surface area contributed by atoms with E-state index in [1.165, 1.54) is 5.56 Å². The van der Waals surface area contributed by atoms with E-state index in [9.17, 15) is 4.79 Å². The van der Waals surface area contributed by atoms with Crippen LogP contribution < -0.4 is 15.4 Å². The Morgan fingerprint density at radius 2 is 2.04 bits per heavy atom. The van der Waals surface area contributed by atoms with Crippen molar-refractivity contribution in [2.75, 3.05) is 19.6 Å². The summed E-state index contributed by atoms with van der Waals surface area (Å²) >= 11 is 0. The van der Waals surface area contributed by atoms with E-state index in [-0.39, 0.29) is 12.0 Å². The number of amides is 1. The number of rotatable bonds is 6. The van der Waals surface area contributed by atoms with E-state index in [0.717, 1.165) is 30.8 Å². The summed E-state index contributed by atoms with van der Waals surface area (Å²) in [5, 5.41) is 6.27. The summed E-state index contributed by atoms with van der Waals surface area (Å²) in [6.45, 7) is 4.10. The first-order valence-electron chi connectivity index (χ1n) is 8.02. The number of benzene rings is 2. The summed E-state index contributed by atoms with van der Waals surface area (Å²) in [5.41, 5.74) is 3.07. The summed E-state index contributed by atoms with van der Waals surface area (Å²) in [5.74, 6) is 0.965. The highest BCUT2D eigenvalue weighted by molar-refractivity contribution is 5.94. The van der Waals surface area contributed by atoms with Crippen LogP contribution in [0.1, 0.15) is 21.5 Å². The van der Waals surface area contributed by atoms with Crippen LogP contribution in [0.15, 0.2) is 48.5 Å². The number of hydrogen-bond acceptors (Lipinski definition) is 3. The normalized spacial score (nSPS) is 15.8. The summed E-state index contributed by atoms with van der Waals surface area (Å²) in [4.78, 5) is 12.0. The van der Waals surface area contributed by atoms with Gasteiger partial charge in [0.25, 0.3) is 5.91 Å². The Hall–Kier alpha value is -2.33. The third-order valence-electron chi connectivity index (χ3n) is 3.95. The smallest absolute Gasteiger partial charge is 0.251 e. The number of nitrogens with one attached hydrogen (secondary N) is 2. The molecule has 0 saturated carbocycles. The molecule has 0 aliphatic carbocycles. The van der Waals surface area contributed by atoms with E-state index in [1.54, 1.807) is 0 Å². The van der Waals surface area contributed by atoms with Crippen molar-refractivity contribution in [1.29, 1.82) is 0 Å². The van der Waals surface area contributed by atoms with Gasteiger partial charge in [0.15, 0.2) is 0 Å². The molecule has 0 aromatic heterocycles. The van der Waals surface area contributed by atoms with Crippen LogP contribution in [0, 0.1) is 6.92 Å². The molecule has 0 bridgehead atoms. The van der Waals surface area contributed by atoms with Gasteiger partial charge in [-0.25, -0.2) is 0 Å². The maximum atomic E-state index is 12.0. The van der Waals surface area contributed by atoms with Gasteiger partial charge in [-0.1, -0.05) is 35.9 Å². The van der Waals surface area contributed by atoms with Crippen LogP contribution in [0.2, 0.25) is 0 Å². The Balaban J connectivity index is 1.34. The van der Waals surface area contributed by atoms with Gasteiger partial charge in [0, 0.05) is 31.6 Å². The molecule has 0 spiro atoms. The fourth-order valence-corrected chi connectivity index (χ4v) is 2.78. The van der Waals surface area contributed by atoms with E-state index in [1.807, 2.05) is 49.4 Å². The molecule has 4 nitrogen and oxygen atoms in total. The lowest BCUT2D eigenvalue weighted by Crippen LogP contribution is -2.36. The second kappa shape index (κ2) is 7.29. The Bertz CT molecular complexity index is 660. The minimum absolute atomic E-state index is 0.0278. The van der Waals surface area contributed by atoms with Crippen molar-refractivity contribution >= 4 is 5.91 Å². The van der Waals surface area contributed by atoms with Crippen LogP contribution >= 0.6 is 0 Å². The maximum Gasteiger partial charge on any atom is 0.251 e. The lowest BCUT2D eigenvalue weighted by atomic mass is 10.1. The molecular formula is C19H22N2O2. The number of hydrogen-bond donors (Lipinski definition) is 2. The first kappa shape index (κ1) is 15.6. The van der Waals surface area contributed by atoms with Crippen molar-refractivity contribution in [3.05, 3.63) is 65.2 Å². The van der Waals surface area contributed by atoms with Crippen molar-refractivity contribution < 1.29 is 9.53 Å². The number of carbonyl (C=O) groups excluding carboxylic acids is 1. The van der Waals surface area contributed by atoms with Gasteiger partial charge in [-0.3, -0.25) is 4.79 Å². The minimum Gasteiger partial charge on any atom is -0.488 e. The maximum absolute atomic E-state index is 12.0. The van der Waals surface area contributed by atoms with Crippen molar-refractivity contribution in [2.45, 2.75) is 19.4 Å². The standard InChI is InChI=1S/C19H22N2O2/c1-14-5-4-7-16(11-14)19(22)21-10-9-20-13-17-12-15-6-2-3-8-18(15)23-17/h2-8,11,17,20H,9-10,12-13H2,1H3,(H,21,22). The summed E-state index contributed by atoms with van der Waals surface area (Å²) < 4.78 is 5.87. The molecule has 1 unspecified atom stereocenters. The van der Waals surface area contributed by atoms with Crippen LogP contribution in [0.5, 0.6) is 5.75 Å². The highest BCUT2D eigenvalue weighted by atomic mass is 16.5. The number of fused-ring (bicyclic) bond motifs is 1. The monoisotopic (exact) mass is 310 g/mol. The molecule has 3 rings (SSSR count). The third kappa shape index (κ3) is 4.11. The molecule has 23 heavy (non-hydrogen) atoms. The zero-order chi connectivity index (χ0) is 16.1. The van der Waals surface area contributed by atoms with Crippen molar-refractivity contribution in [3.63, 3.8) is 0 Å². The number of para-hydroxylation sites is 1. The SMILES string of the molecule is Cc1cccc(C(=O)NCCNCC2Cc3ccccc3O2)c1. The summed E-state index contributed by atoms with van der Waals surface area (Å²) in [6.07, 6.45) is 1.12. The zero-order valence-corrected chi connectivity index (χ0v) is 13.3. The predicted octanol–water partition coefficient (Wildman–Crippen LogP) is 2.32. The van der Waals surface area contributed by atoms with Crippen LogP contribution in [-0.2, 0) is 6.42 Å². The average molecular weight is 310 g/mol. The number of ether oxygens (including phenoxy) is 1. The van der Waals surface area contributed by atoms with Gasteiger partial charge in [-0.2, -0.15) is 0 Å². The molecule has 1 aliphatic rings. The van der Waals surface area contributed by atoms with Gasteiger partial charge in [0.05, 0.1) is 0 Å². The van der Waals surface area contributed by atoms with Crippen LogP contribution in [-0.4, -0.2) is 31.6 Å². The quantitative estimate of drug-likeness (QED) is 0.805. The third-order valence-corrected chi connectivity index (χ3v) is 3.95. The van der Waals surface area contributed by atoms with Crippen LogP contribution in [0.3, 0.4) is 0 Å². The van der Waals surface area contributed by atoms with Gasteiger partial charge in [-0.15, -0.1) is 0 Å². The fraction of sp³-hybridized carbons (Fsp3) is 0.316. The largest absolute Gasteiger partial charge is 0.488 e. The summed E-state index contributed by atoms with van der Waals surface area (Å²) in [7, 11) is 0. The Labute approximate surface area is 136 Å². The van der Waals surface area contributed by atoms with Gasteiger partial charge in [0.1, 0.15) is 11.9 Å². The lowest BCUT2D eigenvalue weighted by Gasteiger charge is -2.12. The predicted molar refractivity (Wildman–Crippen MR) is 90.9 cm³/mol. The number of carbonyl (C=O) groups is 1. The van der Waals surface area contributed by atoms with E-state index in [2.05, 4.69) is 16.7 Å². The zero-order valence-electron chi connectivity index (χ0n) is 13.3. The molecule has 1 atom stereocenters. The molecule has 120 valence electrons. The molecule has 2 aromatic carbocycles. The number of aryl methyl sites for hydroxylation is 1. The Morgan fingerprint density at radius 1 is 1.17 bits per heavy atom. The van der Waals surface area contributed by atoms with Crippen LogP contribution in [0.4, 0.5) is 0 Å². The van der Waals surface area contributed by atoms with E-state index in [0.29, 0.717) is 12.1 Å². The summed E-state index contributed by atoms with van der Waals surface area (Å²) in [6, 6.07) is 15.8. The molecule has 0 saturated heterocycles. The minimum atomic E-state index is -0.0278. The highest BCUT2D eigenvalue weighted by Crippen LogP contribution is 2.27. The first-order valence-corrected chi connectivity index (χ1v) is 8.02. The molecule has 2 aromatic rings. The molecule has 0 radical (unpaired) electrons. The second-order valence-electron chi connectivity index (χ2n) is 5.88. The molecule has 2 N–H and O–H groups in total. The molecular weight excluding hydrogens is 288 g/mol. The fourth-order valence-electron chi connectivity index (χ4n) is 2.78. The van der Waals surface area contributed by atoms with Crippen molar-refractivity contribution in [3.8, 4) is 5.75 Å². The van der Waals surface area contributed by atoms with Crippen molar-refractivity contribution in [1.82, 2.24) is 10.6 Å². The van der Waals surface area contributed by atoms with E-state index < -0.39 is 0 Å². The molecule has 0 fully saturated rings. The van der Waals surface area contributed by atoms with Gasteiger partial charge >= 0.3 is 0 Å². The Kier molecular flexibility index (Phi) is 4.93. The van der Waals surface area contributed by atoms with Crippen molar-refractivity contribution in [2.24, 2.45) is 0 Å². The van der Waals surface area contributed by atoms with E-state index >= 15 is 0 Å². The molecule has 1 aliphatic heterocycles. The lowest BCUT2D eigenvalue weighted by molar-refractivity contribution is 0.0953. The average Bonchev–Trinajstić information content (AvgIpc) is 2.97. The van der Waals surface area contributed by atoms with E-state index in [4.69, 9.17) is 4.74 Å². The highest BCUT2D eigenvalue weighted by Gasteiger charge is 2.21. The topological polar surface area (TPSA) is 50.4 Å². The van der Waals surface area contributed by atoms with Gasteiger partial charge in [-0.05, 0) is 30.7 Å². The first-order chi connectivity index (χ1) is 11.2. The molecule has 4 heteroatoms. The van der Waals surface area contributed by atoms with Gasteiger partial charge < -0.3 is 15.4 Å². The molecule has 1 heterocycles.